The Labute approximate surface area is 171 Å². The molecule has 0 aliphatic heterocycles. The van der Waals surface area contributed by atoms with Gasteiger partial charge in [0.05, 0.1) is 11.2 Å². The van der Waals surface area contributed by atoms with Crippen molar-refractivity contribution in [1.29, 1.82) is 0 Å². The van der Waals surface area contributed by atoms with Gasteiger partial charge in [0.15, 0.2) is 11.5 Å². The van der Waals surface area contributed by atoms with E-state index in [1.807, 2.05) is 49.4 Å². The average molecular weight is 398 g/mol. The minimum absolute atomic E-state index is 0.0582. The number of para-hydroxylation sites is 2. The highest BCUT2D eigenvalue weighted by Gasteiger charge is 2.19. The van der Waals surface area contributed by atoms with Crippen LogP contribution in [0.25, 0.3) is 27.5 Å². The third kappa shape index (κ3) is 2.76. The van der Waals surface area contributed by atoms with Crippen molar-refractivity contribution in [1.82, 2.24) is 14.8 Å². The number of aromatic amines is 1. The molecule has 0 atom stereocenters. The van der Waals surface area contributed by atoms with Crippen molar-refractivity contribution < 1.29 is 9.84 Å². The number of nitrogens with one attached hydrogen (secondary N) is 1. The smallest absolute Gasteiger partial charge is 0.261 e. The van der Waals surface area contributed by atoms with Crippen LogP contribution in [0.2, 0.25) is 0 Å². The molecule has 0 amide bonds. The fourth-order valence-electron chi connectivity index (χ4n) is 3.59. The molecule has 30 heavy (non-hydrogen) atoms. The van der Waals surface area contributed by atoms with Gasteiger partial charge in [0.25, 0.3) is 5.56 Å². The predicted octanol–water partition coefficient (Wildman–Crippen LogP) is 4.26. The van der Waals surface area contributed by atoms with Crippen molar-refractivity contribution in [2.75, 3.05) is 5.73 Å². The van der Waals surface area contributed by atoms with E-state index < -0.39 is 0 Å². The van der Waals surface area contributed by atoms with E-state index in [-0.39, 0.29) is 17.1 Å². The van der Waals surface area contributed by atoms with Gasteiger partial charge in [0.1, 0.15) is 22.5 Å². The van der Waals surface area contributed by atoms with Crippen molar-refractivity contribution in [3.8, 4) is 22.9 Å². The highest BCUT2D eigenvalue weighted by Crippen LogP contribution is 2.36. The van der Waals surface area contributed by atoms with E-state index in [2.05, 4.69) is 10.1 Å². The standard InChI is InChI=1S/C23H18N4O3/c1-13-11-19(30-14-7-3-2-4-8-14)18(28)12-17(13)27-22(24)20-21(26-27)15-9-5-6-10-16(15)25-23(20)29/h2-12,28H,24H2,1H3,(H,25,29). The summed E-state index contributed by atoms with van der Waals surface area (Å²) in [6, 6.07) is 19.9. The molecule has 5 aromatic rings. The minimum Gasteiger partial charge on any atom is -0.504 e. The topological polar surface area (TPSA) is 106 Å². The number of aromatic nitrogens is 3. The number of rotatable bonds is 3. The van der Waals surface area contributed by atoms with Crippen LogP contribution in [0.15, 0.2) is 71.5 Å². The van der Waals surface area contributed by atoms with Crippen LogP contribution in [0, 0.1) is 6.92 Å². The lowest BCUT2D eigenvalue weighted by molar-refractivity contribution is 0.410. The number of nitrogen functional groups attached to an aromatic ring is 1. The molecule has 2 aromatic heterocycles. The Morgan fingerprint density at radius 1 is 1.07 bits per heavy atom. The first-order valence-corrected chi connectivity index (χ1v) is 9.39. The number of ether oxygens (including phenoxy) is 1. The Morgan fingerprint density at radius 3 is 2.60 bits per heavy atom. The fraction of sp³-hybridized carbons (Fsp3) is 0.0435. The second kappa shape index (κ2) is 6.66. The first kappa shape index (κ1) is 17.8. The molecular formula is C23H18N4O3. The Bertz CT molecular complexity index is 1470. The van der Waals surface area contributed by atoms with Gasteiger partial charge < -0.3 is 20.6 Å². The maximum absolute atomic E-state index is 12.6. The molecule has 2 heterocycles. The molecule has 148 valence electrons. The molecule has 0 unspecified atom stereocenters. The first-order valence-electron chi connectivity index (χ1n) is 9.39. The molecule has 0 aliphatic carbocycles. The number of aryl methyl sites for hydroxylation is 1. The molecule has 5 rings (SSSR count). The van der Waals surface area contributed by atoms with Crippen LogP contribution in [-0.4, -0.2) is 19.9 Å². The number of phenols is 1. The second-order valence-corrected chi connectivity index (χ2v) is 7.04. The third-order valence-corrected chi connectivity index (χ3v) is 5.06. The van der Waals surface area contributed by atoms with Gasteiger partial charge in [-0.25, -0.2) is 4.68 Å². The number of H-pyrrole nitrogens is 1. The number of fused-ring (bicyclic) bond motifs is 3. The summed E-state index contributed by atoms with van der Waals surface area (Å²) in [5.41, 5.74) is 8.54. The van der Waals surface area contributed by atoms with E-state index in [9.17, 15) is 9.90 Å². The third-order valence-electron chi connectivity index (χ3n) is 5.06. The number of nitrogens with two attached hydrogens (primary N) is 1. The summed E-state index contributed by atoms with van der Waals surface area (Å²) in [5.74, 6) is 1.08. The number of phenolic OH excluding ortho intramolecular Hbond substituents is 1. The lowest BCUT2D eigenvalue weighted by Crippen LogP contribution is -2.08. The molecular weight excluding hydrogens is 380 g/mol. The second-order valence-electron chi connectivity index (χ2n) is 7.04. The predicted molar refractivity (Wildman–Crippen MR) is 117 cm³/mol. The quantitative estimate of drug-likeness (QED) is 0.421. The molecule has 7 nitrogen and oxygen atoms in total. The average Bonchev–Trinajstić information content (AvgIpc) is 3.09. The minimum atomic E-state index is -0.307. The number of hydrogen-bond acceptors (Lipinski definition) is 5. The van der Waals surface area contributed by atoms with Gasteiger partial charge in [-0.2, -0.15) is 5.10 Å². The van der Waals surface area contributed by atoms with Gasteiger partial charge in [-0.15, -0.1) is 0 Å². The molecule has 0 spiro atoms. The monoisotopic (exact) mass is 398 g/mol. The van der Waals surface area contributed by atoms with Gasteiger partial charge in [-0.05, 0) is 36.8 Å². The molecule has 7 heteroatoms. The van der Waals surface area contributed by atoms with E-state index in [1.54, 1.807) is 18.2 Å². The SMILES string of the molecule is Cc1cc(Oc2ccccc2)c(O)cc1-n1nc2c(c1N)c(=O)[nH]c1ccccc12. The number of hydrogen-bond donors (Lipinski definition) is 3. The molecule has 0 saturated heterocycles. The summed E-state index contributed by atoms with van der Waals surface area (Å²) in [4.78, 5) is 15.5. The number of aromatic hydroxyl groups is 1. The normalized spacial score (nSPS) is 11.2. The van der Waals surface area contributed by atoms with E-state index in [0.29, 0.717) is 33.6 Å². The number of pyridine rings is 1. The molecule has 0 radical (unpaired) electrons. The van der Waals surface area contributed by atoms with E-state index in [0.717, 1.165) is 10.9 Å². The zero-order valence-electron chi connectivity index (χ0n) is 16.1. The summed E-state index contributed by atoms with van der Waals surface area (Å²) in [6.45, 7) is 1.86. The molecule has 3 aromatic carbocycles. The number of nitrogens with zero attached hydrogens (tertiary/aromatic N) is 2. The van der Waals surface area contributed by atoms with Crippen LogP contribution in [0.5, 0.6) is 17.2 Å². The molecule has 0 saturated carbocycles. The van der Waals surface area contributed by atoms with Crippen LogP contribution in [-0.2, 0) is 0 Å². The lowest BCUT2D eigenvalue weighted by Gasteiger charge is -2.13. The van der Waals surface area contributed by atoms with Crippen LogP contribution in [0.4, 0.5) is 5.82 Å². The van der Waals surface area contributed by atoms with Crippen molar-refractivity contribution >= 4 is 27.6 Å². The summed E-state index contributed by atoms with van der Waals surface area (Å²) in [5, 5.41) is 16.3. The van der Waals surface area contributed by atoms with Gasteiger partial charge in [-0.3, -0.25) is 4.79 Å². The Hall–Kier alpha value is -4.26. The maximum Gasteiger partial charge on any atom is 0.261 e. The summed E-state index contributed by atoms with van der Waals surface area (Å²) >= 11 is 0. The maximum atomic E-state index is 12.6. The zero-order chi connectivity index (χ0) is 20.8. The number of benzene rings is 3. The Kier molecular flexibility index (Phi) is 3.96. The van der Waals surface area contributed by atoms with Crippen molar-refractivity contribution in [3.05, 3.63) is 82.6 Å². The van der Waals surface area contributed by atoms with E-state index in [1.165, 1.54) is 10.7 Å². The molecule has 0 fully saturated rings. The van der Waals surface area contributed by atoms with E-state index in [4.69, 9.17) is 10.5 Å². The largest absolute Gasteiger partial charge is 0.504 e. The first-order chi connectivity index (χ1) is 14.5. The van der Waals surface area contributed by atoms with Crippen molar-refractivity contribution in [2.24, 2.45) is 0 Å². The van der Waals surface area contributed by atoms with E-state index >= 15 is 0 Å². The van der Waals surface area contributed by atoms with Gasteiger partial charge in [0, 0.05) is 11.5 Å². The number of anilines is 1. The summed E-state index contributed by atoms with van der Waals surface area (Å²) in [7, 11) is 0. The molecule has 0 bridgehead atoms. The fourth-order valence-corrected chi connectivity index (χ4v) is 3.59. The highest BCUT2D eigenvalue weighted by atomic mass is 16.5. The van der Waals surface area contributed by atoms with Crippen LogP contribution in [0.3, 0.4) is 0 Å². The molecule has 4 N–H and O–H groups in total. The van der Waals surface area contributed by atoms with Gasteiger partial charge in [-0.1, -0.05) is 36.4 Å². The highest BCUT2D eigenvalue weighted by molar-refractivity contribution is 6.06. The Balaban J connectivity index is 1.68. The van der Waals surface area contributed by atoms with Crippen LogP contribution in [0.1, 0.15) is 5.56 Å². The van der Waals surface area contributed by atoms with Crippen molar-refractivity contribution in [3.63, 3.8) is 0 Å². The summed E-state index contributed by atoms with van der Waals surface area (Å²) < 4.78 is 7.26. The van der Waals surface area contributed by atoms with Gasteiger partial charge >= 0.3 is 0 Å². The Morgan fingerprint density at radius 2 is 1.80 bits per heavy atom. The van der Waals surface area contributed by atoms with Gasteiger partial charge in [0.2, 0.25) is 0 Å². The zero-order valence-corrected chi connectivity index (χ0v) is 16.1. The molecule has 0 aliphatic rings. The lowest BCUT2D eigenvalue weighted by atomic mass is 10.1. The van der Waals surface area contributed by atoms with Crippen LogP contribution >= 0.6 is 0 Å². The summed E-state index contributed by atoms with van der Waals surface area (Å²) in [6.07, 6.45) is 0. The van der Waals surface area contributed by atoms with Crippen molar-refractivity contribution in [2.45, 2.75) is 6.92 Å². The van der Waals surface area contributed by atoms with Crippen LogP contribution < -0.4 is 16.0 Å².